The molecule has 0 heterocycles. The first-order valence-electron chi connectivity index (χ1n) is 6.13. The fourth-order valence-corrected chi connectivity index (χ4v) is 3.38. The van der Waals surface area contributed by atoms with Crippen LogP contribution in [-0.2, 0) is 10.0 Å². The lowest BCUT2D eigenvalue weighted by Gasteiger charge is -2.28. The Labute approximate surface area is 98.5 Å². The fourth-order valence-electron chi connectivity index (χ4n) is 2.26. The van der Waals surface area contributed by atoms with Gasteiger partial charge in [0.25, 0.3) is 0 Å². The number of aliphatic hydroxyl groups is 1. The van der Waals surface area contributed by atoms with E-state index in [9.17, 15) is 8.42 Å². The van der Waals surface area contributed by atoms with E-state index in [0.29, 0.717) is 24.8 Å². The van der Waals surface area contributed by atoms with Gasteiger partial charge in [-0.1, -0.05) is 26.2 Å². The Morgan fingerprint density at radius 2 is 2.00 bits per heavy atom. The molecule has 1 rings (SSSR count). The van der Waals surface area contributed by atoms with E-state index in [0.717, 1.165) is 6.42 Å². The quantitative estimate of drug-likeness (QED) is 0.741. The minimum atomic E-state index is -3.18. The van der Waals surface area contributed by atoms with Crippen molar-refractivity contribution in [2.45, 2.75) is 39.0 Å². The molecule has 0 radical (unpaired) electrons. The molecule has 0 aromatic carbocycles. The van der Waals surface area contributed by atoms with E-state index < -0.39 is 10.0 Å². The monoisotopic (exact) mass is 249 g/mol. The molecule has 1 aliphatic rings. The van der Waals surface area contributed by atoms with Gasteiger partial charge in [-0.2, -0.15) is 0 Å². The van der Waals surface area contributed by atoms with Gasteiger partial charge in [0.15, 0.2) is 0 Å². The van der Waals surface area contributed by atoms with Crippen molar-refractivity contribution in [3.63, 3.8) is 0 Å². The summed E-state index contributed by atoms with van der Waals surface area (Å²) in [5, 5.41) is 8.60. The lowest BCUT2D eigenvalue weighted by atomic mass is 9.81. The second-order valence-corrected chi connectivity index (χ2v) is 6.69. The van der Waals surface area contributed by atoms with Crippen LogP contribution in [0.2, 0.25) is 0 Å². The summed E-state index contributed by atoms with van der Waals surface area (Å²) in [5.74, 6) is 1.14. The summed E-state index contributed by atoms with van der Waals surface area (Å²) in [4.78, 5) is 0. The van der Waals surface area contributed by atoms with Gasteiger partial charge in [-0.25, -0.2) is 13.1 Å². The third kappa shape index (κ3) is 4.80. The second kappa shape index (κ2) is 6.57. The smallest absolute Gasteiger partial charge is 0.211 e. The summed E-state index contributed by atoms with van der Waals surface area (Å²) >= 11 is 0. The molecule has 2 N–H and O–H groups in total. The third-order valence-corrected chi connectivity index (χ3v) is 4.86. The van der Waals surface area contributed by atoms with Crippen molar-refractivity contribution in [3.8, 4) is 0 Å². The van der Waals surface area contributed by atoms with E-state index in [1.54, 1.807) is 0 Å². The van der Waals surface area contributed by atoms with Crippen LogP contribution in [-0.4, -0.2) is 32.4 Å². The zero-order chi connectivity index (χ0) is 12.0. The largest absolute Gasteiger partial charge is 0.396 e. The van der Waals surface area contributed by atoms with Crippen LogP contribution >= 0.6 is 0 Å². The van der Waals surface area contributed by atoms with Crippen molar-refractivity contribution in [1.29, 1.82) is 0 Å². The van der Waals surface area contributed by atoms with Gasteiger partial charge in [0.1, 0.15) is 0 Å². The molecule has 0 saturated heterocycles. The number of sulfonamides is 1. The van der Waals surface area contributed by atoms with Crippen molar-refractivity contribution in [1.82, 2.24) is 4.72 Å². The number of hydrogen-bond acceptors (Lipinski definition) is 3. The number of nitrogens with one attached hydrogen (secondary N) is 1. The molecule has 5 heteroatoms. The fraction of sp³-hybridized carbons (Fsp3) is 1.00. The van der Waals surface area contributed by atoms with Gasteiger partial charge in [0.05, 0.1) is 5.75 Å². The van der Waals surface area contributed by atoms with Crippen LogP contribution in [0.15, 0.2) is 0 Å². The molecule has 2 atom stereocenters. The zero-order valence-electron chi connectivity index (χ0n) is 9.98. The van der Waals surface area contributed by atoms with Crippen molar-refractivity contribution in [2.24, 2.45) is 11.8 Å². The van der Waals surface area contributed by atoms with Crippen LogP contribution in [0, 0.1) is 11.8 Å². The van der Waals surface area contributed by atoms with E-state index in [-0.39, 0.29) is 12.4 Å². The lowest BCUT2D eigenvalue weighted by molar-refractivity contribution is 0.257. The maximum absolute atomic E-state index is 11.5. The topological polar surface area (TPSA) is 66.4 Å². The van der Waals surface area contributed by atoms with Crippen molar-refractivity contribution in [3.05, 3.63) is 0 Å². The van der Waals surface area contributed by atoms with E-state index in [4.69, 9.17) is 5.11 Å². The first-order chi connectivity index (χ1) is 7.55. The minimum absolute atomic E-state index is 0.0323. The molecule has 0 spiro atoms. The Morgan fingerprint density at radius 1 is 1.31 bits per heavy atom. The molecule has 1 fully saturated rings. The van der Waals surface area contributed by atoms with Gasteiger partial charge in [-0.3, -0.25) is 0 Å². The highest BCUT2D eigenvalue weighted by molar-refractivity contribution is 7.89. The molecule has 96 valence electrons. The van der Waals surface area contributed by atoms with Crippen LogP contribution in [0.25, 0.3) is 0 Å². The summed E-state index contributed by atoms with van der Waals surface area (Å²) in [6, 6.07) is 0. The van der Waals surface area contributed by atoms with E-state index in [2.05, 4.69) is 11.6 Å². The number of aliphatic hydroxyl groups excluding tert-OH is 1. The summed E-state index contributed by atoms with van der Waals surface area (Å²) < 4.78 is 25.7. The zero-order valence-corrected chi connectivity index (χ0v) is 10.8. The minimum Gasteiger partial charge on any atom is -0.396 e. The van der Waals surface area contributed by atoms with Crippen LogP contribution in [0.3, 0.4) is 0 Å². The highest BCUT2D eigenvalue weighted by atomic mass is 32.2. The van der Waals surface area contributed by atoms with Gasteiger partial charge in [-0.05, 0) is 24.7 Å². The first-order valence-corrected chi connectivity index (χ1v) is 7.78. The summed E-state index contributed by atoms with van der Waals surface area (Å²) in [6.45, 7) is 2.70. The second-order valence-electron chi connectivity index (χ2n) is 4.77. The maximum Gasteiger partial charge on any atom is 0.211 e. The molecular formula is C11H23NO3S. The molecular weight excluding hydrogens is 226 g/mol. The van der Waals surface area contributed by atoms with Crippen molar-refractivity contribution < 1.29 is 13.5 Å². The van der Waals surface area contributed by atoms with Crippen LogP contribution in [0.4, 0.5) is 0 Å². The van der Waals surface area contributed by atoms with Gasteiger partial charge in [-0.15, -0.1) is 0 Å². The molecule has 0 amide bonds. The Bertz CT molecular complexity index is 290. The Hall–Kier alpha value is -0.130. The highest BCUT2D eigenvalue weighted by Crippen LogP contribution is 2.28. The predicted octanol–water partition coefficient (Wildman–Crippen LogP) is 1.11. The van der Waals surface area contributed by atoms with Crippen LogP contribution < -0.4 is 4.72 Å². The van der Waals surface area contributed by atoms with Crippen LogP contribution in [0.1, 0.15) is 39.0 Å². The van der Waals surface area contributed by atoms with Crippen molar-refractivity contribution >= 4 is 10.0 Å². The molecule has 0 aliphatic heterocycles. The molecule has 1 aliphatic carbocycles. The molecule has 4 nitrogen and oxygen atoms in total. The van der Waals surface area contributed by atoms with Gasteiger partial charge >= 0.3 is 0 Å². The van der Waals surface area contributed by atoms with E-state index in [1.807, 2.05) is 0 Å². The summed E-state index contributed by atoms with van der Waals surface area (Å²) in [5.41, 5.74) is 0. The Kier molecular flexibility index (Phi) is 5.72. The molecule has 0 aromatic heterocycles. The molecule has 0 aromatic rings. The first kappa shape index (κ1) is 13.9. The van der Waals surface area contributed by atoms with Crippen molar-refractivity contribution in [2.75, 3.05) is 18.9 Å². The predicted molar refractivity (Wildman–Crippen MR) is 64.6 cm³/mol. The Morgan fingerprint density at radius 3 is 2.62 bits per heavy atom. The van der Waals surface area contributed by atoms with E-state index >= 15 is 0 Å². The number of rotatable bonds is 6. The summed E-state index contributed by atoms with van der Waals surface area (Å²) in [7, 11) is -3.18. The number of hydrogen-bond donors (Lipinski definition) is 2. The van der Waals surface area contributed by atoms with Gasteiger partial charge in [0, 0.05) is 13.2 Å². The molecule has 16 heavy (non-hydrogen) atoms. The molecule has 1 saturated carbocycles. The van der Waals surface area contributed by atoms with Gasteiger partial charge in [0.2, 0.25) is 10.0 Å². The Balaban J connectivity index is 2.32. The molecule has 2 unspecified atom stereocenters. The standard InChI is InChI=1S/C11H23NO3S/c1-10-5-2-3-6-11(10)9-12-16(14,15)8-4-7-13/h10-13H,2-9H2,1H3. The van der Waals surface area contributed by atoms with Gasteiger partial charge < -0.3 is 5.11 Å². The normalized spacial score (nSPS) is 26.9. The summed E-state index contributed by atoms with van der Waals surface area (Å²) in [6.07, 6.45) is 5.14. The SMILES string of the molecule is CC1CCCCC1CNS(=O)(=O)CCCO. The lowest BCUT2D eigenvalue weighted by Crippen LogP contribution is -2.34. The average molecular weight is 249 g/mol. The average Bonchev–Trinajstić information content (AvgIpc) is 2.26. The molecule has 0 bridgehead atoms. The van der Waals surface area contributed by atoms with E-state index in [1.165, 1.54) is 19.3 Å². The van der Waals surface area contributed by atoms with Crippen LogP contribution in [0.5, 0.6) is 0 Å². The highest BCUT2D eigenvalue weighted by Gasteiger charge is 2.22. The maximum atomic E-state index is 11.5. The third-order valence-electron chi connectivity index (χ3n) is 3.43.